The maximum Gasteiger partial charge on any atom is 0.345 e. The Morgan fingerprint density at radius 1 is 1.33 bits per heavy atom. The van der Waals surface area contributed by atoms with Crippen LogP contribution in [0, 0.1) is 0 Å². The van der Waals surface area contributed by atoms with Crippen molar-refractivity contribution in [3.8, 4) is 11.3 Å². The van der Waals surface area contributed by atoms with Crippen molar-refractivity contribution in [2.75, 3.05) is 0 Å². The van der Waals surface area contributed by atoms with Gasteiger partial charge < -0.3 is 4.42 Å². The molecule has 3 aromatic heterocycles. The van der Waals surface area contributed by atoms with Gasteiger partial charge in [0.15, 0.2) is 5.82 Å². The van der Waals surface area contributed by atoms with Gasteiger partial charge in [-0.2, -0.15) is 5.10 Å². The highest BCUT2D eigenvalue weighted by Gasteiger charge is 2.15. The highest BCUT2D eigenvalue weighted by molar-refractivity contribution is 7.15. The summed E-state index contributed by atoms with van der Waals surface area (Å²) in [7, 11) is 0. The Morgan fingerprint density at radius 2 is 2.19 bits per heavy atom. The number of hydrogen-bond donors (Lipinski definition) is 0. The molecule has 0 atom stereocenters. The number of thiazole rings is 1. The molecule has 4 aromatic rings. The van der Waals surface area contributed by atoms with E-state index in [-0.39, 0.29) is 5.63 Å². The molecule has 104 valence electrons. The molecule has 4 rings (SSSR count). The minimum atomic E-state index is -0.359. The van der Waals surface area contributed by atoms with Crippen molar-refractivity contribution in [2.24, 2.45) is 0 Å². The Hall–Kier alpha value is -2.47. The summed E-state index contributed by atoms with van der Waals surface area (Å²) < 4.78 is 7.10. The number of nitrogens with zero attached hydrogens (tertiary/aromatic N) is 3. The average molecular weight is 297 g/mol. The van der Waals surface area contributed by atoms with Gasteiger partial charge in [0.25, 0.3) is 0 Å². The second-order valence-corrected chi connectivity index (χ2v) is 5.52. The van der Waals surface area contributed by atoms with Gasteiger partial charge in [-0.3, -0.25) is 0 Å². The molecule has 0 aliphatic heterocycles. The first-order valence-corrected chi connectivity index (χ1v) is 7.50. The van der Waals surface area contributed by atoms with Crippen LogP contribution in [0.25, 0.3) is 27.2 Å². The van der Waals surface area contributed by atoms with Crippen LogP contribution in [0.1, 0.15) is 12.7 Å². The fourth-order valence-corrected chi connectivity index (χ4v) is 3.14. The minimum absolute atomic E-state index is 0.359. The molecule has 0 saturated carbocycles. The third-order valence-electron chi connectivity index (χ3n) is 3.36. The van der Waals surface area contributed by atoms with E-state index in [1.54, 1.807) is 10.6 Å². The Bertz CT molecular complexity index is 1010. The van der Waals surface area contributed by atoms with E-state index in [0.717, 1.165) is 28.3 Å². The molecule has 0 radical (unpaired) electrons. The maximum absolute atomic E-state index is 12.2. The second kappa shape index (κ2) is 4.53. The van der Waals surface area contributed by atoms with Crippen molar-refractivity contribution < 1.29 is 4.42 Å². The smallest absolute Gasteiger partial charge is 0.345 e. The summed E-state index contributed by atoms with van der Waals surface area (Å²) in [5, 5.41) is 7.20. The van der Waals surface area contributed by atoms with Gasteiger partial charge in [-0.25, -0.2) is 14.3 Å². The lowest BCUT2D eigenvalue weighted by atomic mass is 10.1. The molecule has 0 aliphatic carbocycles. The van der Waals surface area contributed by atoms with Gasteiger partial charge in [-0.15, -0.1) is 11.3 Å². The van der Waals surface area contributed by atoms with Crippen molar-refractivity contribution in [2.45, 2.75) is 13.3 Å². The summed E-state index contributed by atoms with van der Waals surface area (Å²) in [5.41, 5.74) is 1.46. The number of rotatable bonds is 2. The third-order valence-corrected chi connectivity index (χ3v) is 4.18. The van der Waals surface area contributed by atoms with Crippen molar-refractivity contribution in [3.05, 3.63) is 52.0 Å². The predicted octanol–water partition coefficient (Wildman–Crippen LogP) is 3.13. The number of hydrogen-bond acceptors (Lipinski definition) is 5. The van der Waals surface area contributed by atoms with Gasteiger partial charge in [0.2, 0.25) is 4.96 Å². The predicted molar refractivity (Wildman–Crippen MR) is 81.7 cm³/mol. The quantitative estimate of drug-likeness (QED) is 0.533. The molecule has 0 bridgehead atoms. The van der Waals surface area contributed by atoms with Crippen molar-refractivity contribution in [3.63, 3.8) is 0 Å². The molecule has 0 saturated heterocycles. The molecule has 6 heteroatoms. The van der Waals surface area contributed by atoms with Crippen LogP contribution >= 0.6 is 11.3 Å². The van der Waals surface area contributed by atoms with Crippen LogP contribution in [-0.2, 0) is 6.42 Å². The first kappa shape index (κ1) is 12.3. The van der Waals surface area contributed by atoms with E-state index in [2.05, 4.69) is 10.1 Å². The Kier molecular flexibility index (Phi) is 2.65. The van der Waals surface area contributed by atoms with Gasteiger partial charge in [0.05, 0.1) is 11.3 Å². The van der Waals surface area contributed by atoms with E-state index < -0.39 is 0 Å². The SMILES string of the molecule is CCc1nc2scc(-c3cc4ccccc4oc3=O)n2n1. The van der Waals surface area contributed by atoms with Crippen LogP contribution in [0.5, 0.6) is 0 Å². The van der Waals surface area contributed by atoms with Crippen LogP contribution in [0.15, 0.2) is 44.9 Å². The van der Waals surface area contributed by atoms with Crippen LogP contribution < -0.4 is 5.63 Å². The molecule has 0 amide bonds. The van der Waals surface area contributed by atoms with E-state index >= 15 is 0 Å². The molecular formula is C15H11N3O2S. The average Bonchev–Trinajstić information content (AvgIpc) is 3.06. The maximum atomic E-state index is 12.2. The normalized spacial score (nSPS) is 11.5. The minimum Gasteiger partial charge on any atom is -0.422 e. The molecule has 0 aliphatic rings. The zero-order chi connectivity index (χ0) is 14.4. The standard InChI is InChI=1S/C15H11N3O2S/c1-2-13-16-15-18(17-13)11(8-21-15)10-7-9-5-3-4-6-12(9)20-14(10)19/h3-8H,2H2,1H3. The molecule has 1 aromatic carbocycles. The van der Waals surface area contributed by atoms with Gasteiger partial charge in [0.1, 0.15) is 5.58 Å². The first-order valence-electron chi connectivity index (χ1n) is 6.62. The van der Waals surface area contributed by atoms with Crippen molar-refractivity contribution >= 4 is 27.3 Å². The summed E-state index contributed by atoms with van der Waals surface area (Å²) in [4.78, 5) is 17.4. The molecule has 0 unspecified atom stereocenters. The summed E-state index contributed by atoms with van der Waals surface area (Å²) >= 11 is 1.47. The summed E-state index contributed by atoms with van der Waals surface area (Å²) in [6.45, 7) is 2.00. The Balaban J connectivity index is 2.01. The molecule has 5 nitrogen and oxygen atoms in total. The van der Waals surface area contributed by atoms with Gasteiger partial charge in [-0.1, -0.05) is 25.1 Å². The lowest BCUT2D eigenvalue weighted by Gasteiger charge is -2.00. The topological polar surface area (TPSA) is 60.4 Å². The Morgan fingerprint density at radius 3 is 3.05 bits per heavy atom. The number of aryl methyl sites for hydroxylation is 1. The lowest BCUT2D eigenvalue weighted by molar-refractivity contribution is 0.563. The number of benzene rings is 1. The van der Waals surface area contributed by atoms with Crippen LogP contribution in [-0.4, -0.2) is 14.6 Å². The van der Waals surface area contributed by atoms with Crippen molar-refractivity contribution in [1.29, 1.82) is 0 Å². The molecule has 21 heavy (non-hydrogen) atoms. The van der Waals surface area contributed by atoms with E-state index in [1.165, 1.54) is 11.3 Å². The van der Waals surface area contributed by atoms with Gasteiger partial charge in [0, 0.05) is 17.2 Å². The fourth-order valence-electron chi connectivity index (χ4n) is 2.30. The second-order valence-electron chi connectivity index (χ2n) is 4.68. The summed E-state index contributed by atoms with van der Waals surface area (Å²) in [5.74, 6) is 0.772. The third kappa shape index (κ3) is 1.87. The van der Waals surface area contributed by atoms with Gasteiger partial charge in [-0.05, 0) is 12.1 Å². The van der Waals surface area contributed by atoms with Crippen molar-refractivity contribution in [1.82, 2.24) is 14.6 Å². The zero-order valence-electron chi connectivity index (χ0n) is 11.2. The van der Waals surface area contributed by atoms with E-state index in [1.807, 2.05) is 36.6 Å². The monoisotopic (exact) mass is 297 g/mol. The molecule has 0 fully saturated rings. The molecular weight excluding hydrogens is 286 g/mol. The lowest BCUT2D eigenvalue weighted by Crippen LogP contribution is -2.04. The summed E-state index contributed by atoms with van der Waals surface area (Å²) in [6, 6.07) is 9.31. The fraction of sp³-hybridized carbons (Fsp3) is 0.133. The highest BCUT2D eigenvalue weighted by atomic mass is 32.1. The molecule has 0 N–H and O–H groups in total. The van der Waals surface area contributed by atoms with Gasteiger partial charge >= 0.3 is 5.63 Å². The number of para-hydroxylation sites is 1. The van der Waals surface area contributed by atoms with E-state index in [9.17, 15) is 4.79 Å². The number of aromatic nitrogens is 3. The van der Waals surface area contributed by atoms with Crippen LogP contribution in [0.2, 0.25) is 0 Å². The highest BCUT2D eigenvalue weighted by Crippen LogP contribution is 2.25. The van der Waals surface area contributed by atoms with Crippen LogP contribution in [0.4, 0.5) is 0 Å². The first-order chi connectivity index (χ1) is 10.3. The number of fused-ring (bicyclic) bond motifs is 2. The summed E-state index contributed by atoms with van der Waals surface area (Å²) in [6.07, 6.45) is 0.764. The zero-order valence-corrected chi connectivity index (χ0v) is 12.1. The van der Waals surface area contributed by atoms with Crippen LogP contribution in [0.3, 0.4) is 0 Å². The Labute approximate surface area is 123 Å². The van der Waals surface area contributed by atoms with E-state index in [0.29, 0.717) is 11.1 Å². The largest absolute Gasteiger partial charge is 0.422 e. The van der Waals surface area contributed by atoms with E-state index in [4.69, 9.17) is 4.42 Å². The molecule has 3 heterocycles. The molecule has 0 spiro atoms.